The zero-order valence-electron chi connectivity index (χ0n) is 6.78. The van der Waals surface area contributed by atoms with Gasteiger partial charge in [0.2, 0.25) is 0 Å². The van der Waals surface area contributed by atoms with Crippen molar-refractivity contribution in [2.45, 2.75) is 6.42 Å². The van der Waals surface area contributed by atoms with Gasteiger partial charge in [-0.15, -0.1) is 0 Å². The molecule has 0 aromatic heterocycles. The van der Waals surface area contributed by atoms with E-state index in [4.69, 9.17) is 15.6 Å². The van der Waals surface area contributed by atoms with Gasteiger partial charge in [0.25, 0.3) is 5.91 Å². The number of allylic oxidation sites excluding steroid dienone is 1. The van der Waals surface area contributed by atoms with Crippen LogP contribution in [-0.4, -0.2) is 23.2 Å². The number of carbonyl (C=O) groups is 1. The van der Waals surface area contributed by atoms with E-state index in [1.54, 1.807) is 0 Å². The highest BCUT2D eigenvalue weighted by Crippen LogP contribution is 2.06. The SMILES string of the molecule is CN(F)C(=O)CC(O)=C(C#N)C#N. The van der Waals surface area contributed by atoms with E-state index in [1.807, 2.05) is 0 Å². The molecule has 0 bridgehead atoms. The normalized spacial score (nSPS) is 8.00. The summed E-state index contributed by atoms with van der Waals surface area (Å²) >= 11 is 0. The van der Waals surface area contributed by atoms with Gasteiger partial charge in [0.1, 0.15) is 17.9 Å². The molecule has 0 saturated carbocycles. The highest BCUT2D eigenvalue weighted by molar-refractivity contribution is 5.77. The first-order valence-corrected chi connectivity index (χ1v) is 3.17. The van der Waals surface area contributed by atoms with E-state index in [2.05, 4.69) is 0 Å². The minimum absolute atomic E-state index is 0.234. The van der Waals surface area contributed by atoms with Crippen molar-refractivity contribution in [1.82, 2.24) is 5.12 Å². The Morgan fingerprint density at radius 1 is 1.54 bits per heavy atom. The van der Waals surface area contributed by atoms with Crippen LogP contribution in [-0.2, 0) is 4.79 Å². The topological polar surface area (TPSA) is 88.1 Å². The van der Waals surface area contributed by atoms with Crippen LogP contribution in [0.15, 0.2) is 11.3 Å². The fourth-order valence-electron chi connectivity index (χ4n) is 0.495. The summed E-state index contributed by atoms with van der Waals surface area (Å²) in [4.78, 5) is 10.6. The molecule has 0 rings (SSSR count). The molecule has 0 aliphatic carbocycles. The predicted octanol–water partition coefficient (Wildman–Crippen LogP) is 0.579. The first kappa shape index (κ1) is 10.9. The minimum Gasteiger partial charge on any atom is -0.510 e. The Labute approximate surface area is 73.8 Å². The van der Waals surface area contributed by atoms with Gasteiger partial charge in [0.05, 0.1) is 6.42 Å². The highest BCUT2D eigenvalue weighted by Gasteiger charge is 2.13. The van der Waals surface area contributed by atoms with Crippen LogP contribution >= 0.6 is 0 Å². The third kappa shape index (κ3) is 3.21. The third-order valence-electron chi connectivity index (χ3n) is 1.17. The van der Waals surface area contributed by atoms with Crippen molar-refractivity contribution in [2.75, 3.05) is 7.05 Å². The second kappa shape index (κ2) is 4.73. The molecule has 0 fully saturated rings. The van der Waals surface area contributed by atoms with E-state index in [0.29, 0.717) is 0 Å². The summed E-state index contributed by atoms with van der Waals surface area (Å²) in [5, 5.41) is 25.2. The Hall–Kier alpha value is -2.08. The van der Waals surface area contributed by atoms with Crippen molar-refractivity contribution in [1.29, 1.82) is 10.5 Å². The Kier molecular flexibility index (Phi) is 3.97. The van der Waals surface area contributed by atoms with Crippen LogP contribution in [0.5, 0.6) is 0 Å². The number of amides is 1. The maximum atomic E-state index is 12.1. The van der Waals surface area contributed by atoms with Gasteiger partial charge in [-0.3, -0.25) is 4.79 Å². The lowest BCUT2D eigenvalue weighted by Crippen LogP contribution is -2.18. The van der Waals surface area contributed by atoms with Crippen molar-refractivity contribution in [2.24, 2.45) is 0 Å². The van der Waals surface area contributed by atoms with E-state index >= 15 is 0 Å². The third-order valence-corrected chi connectivity index (χ3v) is 1.17. The number of halogens is 1. The first-order chi connectivity index (χ1) is 6.02. The minimum atomic E-state index is -1.03. The lowest BCUT2D eigenvalue weighted by Gasteiger charge is -2.03. The monoisotopic (exact) mass is 183 g/mol. The fraction of sp³-hybridized carbons (Fsp3) is 0.286. The molecule has 0 aliphatic rings. The van der Waals surface area contributed by atoms with E-state index in [1.165, 1.54) is 12.1 Å². The van der Waals surface area contributed by atoms with Crippen LogP contribution in [0.1, 0.15) is 6.42 Å². The molecule has 0 atom stereocenters. The number of hydrogen-bond donors (Lipinski definition) is 1. The van der Waals surface area contributed by atoms with Crippen LogP contribution in [0.2, 0.25) is 0 Å². The van der Waals surface area contributed by atoms with E-state index in [-0.39, 0.29) is 5.12 Å². The number of nitriles is 2. The van der Waals surface area contributed by atoms with Gasteiger partial charge in [0.15, 0.2) is 5.57 Å². The molecule has 0 heterocycles. The van der Waals surface area contributed by atoms with Crippen LogP contribution < -0.4 is 0 Å². The standard InChI is InChI=1S/C7H6FN3O2/c1-11(8)7(13)2-6(12)5(3-9)4-10/h12H,2H2,1H3. The molecule has 0 aromatic carbocycles. The zero-order chi connectivity index (χ0) is 10.4. The number of hydrogen-bond acceptors (Lipinski definition) is 4. The van der Waals surface area contributed by atoms with E-state index in [0.717, 1.165) is 7.05 Å². The van der Waals surface area contributed by atoms with Gasteiger partial charge >= 0.3 is 0 Å². The molecule has 0 saturated heterocycles. The average molecular weight is 183 g/mol. The summed E-state index contributed by atoms with van der Waals surface area (Å²) in [6.07, 6.45) is -0.691. The summed E-state index contributed by atoms with van der Waals surface area (Å²) in [6, 6.07) is 2.74. The molecule has 0 spiro atoms. The van der Waals surface area contributed by atoms with Crippen molar-refractivity contribution in [3.8, 4) is 12.1 Å². The number of aliphatic hydroxyl groups excluding tert-OH is 1. The molecule has 68 valence electrons. The second-order valence-corrected chi connectivity index (χ2v) is 2.09. The van der Waals surface area contributed by atoms with Gasteiger partial charge in [-0.2, -0.15) is 15.6 Å². The molecule has 0 unspecified atom stereocenters. The van der Waals surface area contributed by atoms with Gasteiger partial charge < -0.3 is 5.11 Å². The van der Waals surface area contributed by atoms with Crippen molar-refractivity contribution < 1.29 is 14.4 Å². The zero-order valence-corrected chi connectivity index (χ0v) is 6.78. The van der Waals surface area contributed by atoms with Crippen LogP contribution in [0.25, 0.3) is 0 Å². The lowest BCUT2D eigenvalue weighted by atomic mass is 10.2. The van der Waals surface area contributed by atoms with Crippen molar-refractivity contribution in [3.05, 3.63) is 11.3 Å². The maximum Gasteiger partial charge on any atom is 0.257 e. The quantitative estimate of drug-likeness (QED) is 0.385. The summed E-state index contributed by atoms with van der Waals surface area (Å²) in [6.45, 7) is 0. The van der Waals surface area contributed by atoms with E-state index in [9.17, 15) is 9.28 Å². The van der Waals surface area contributed by atoms with E-state index < -0.39 is 23.7 Å². The second-order valence-electron chi connectivity index (χ2n) is 2.09. The molecule has 1 N–H and O–H groups in total. The summed E-state index contributed by atoms with van der Waals surface area (Å²) in [7, 11) is 0.855. The van der Waals surface area contributed by atoms with Crippen LogP contribution in [0, 0.1) is 22.7 Å². The van der Waals surface area contributed by atoms with Gasteiger partial charge in [-0.25, -0.2) is 0 Å². The van der Waals surface area contributed by atoms with Crippen molar-refractivity contribution in [3.63, 3.8) is 0 Å². The van der Waals surface area contributed by atoms with Crippen LogP contribution in [0.4, 0.5) is 4.48 Å². The van der Waals surface area contributed by atoms with Gasteiger partial charge in [-0.1, -0.05) is 4.48 Å². The van der Waals surface area contributed by atoms with Gasteiger partial charge in [0, 0.05) is 7.05 Å². The molecule has 6 heteroatoms. The van der Waals surface area contributed by atoms with Crippen molar-refractivity contribution >= 4 is 5.91 Å². The Morgan fingerprint density at radius 2 is 2.00 bits per heavy atom. The molecular weight excluding hydrogens is 177 g/mol. The summed E-state index contributed by atoms with van der Waals surface area (Å²) < 4.78 is 12.1. The smallest absolute Gasteiger partial charge is 0.257 e. The Balaban J connectivity index is 4.58. The number of aliphatic hydroxyl groups is 1. The molecular formula is C7H6FN3O2. The summed E-state index contributed by atoms with van der Waals surface area (Å²) in [5.74, 6) is -1.75. The Morgan fingerprint density at radius 3 is 2.31 bits per heavy atom. The highest BCUT2D eigenvalue weighted by atomic mass is 19.2. The molecule has 5 nitrogen and oxygen atoms in total. The van der Waals surface area contributed by atoms with Gasteiger partial charge in [-0.05, 0) is 0 Å². The number of rotatable bonds is 2. The summed E-state index contributed by atoms with van der Waals surface area (Å²) in [5.41, 5.74) is -0.588. The Bertz CT molecular complexity index is 306. The lowest BCUT2D eigenvalue weighted by molar-refractivity contribution is -0.142. The first-order valence-electron chi connectivity index (χ1n) is 3.17. The average Bonchev–Trinajstić information content (AvgIpc) is 2.06. The van der Waals surface area contributed by atoms with Crippen LogP contribution in [0.3, 0.4) is 0 Å². The predicted molar refractivity (Wildman–Crippen MR) is 39.4 cm³/mol. The molecule has 0 aliphatic heterocycles. The molecule has 1 amide bonds. The number of carbonyl (C=O) groups excluding carboxylic acids is 1. The maximum absolute atomic E-state index is 12.1. The molecule has 0 aromatic rings. The fourth-order valence-corrected chi connectivity index (χ4v) is 0.495. The molecule has 13 heavy (non-hydrogen) atoms. The number of nitrogens with zero attached hydrogens (tertiary/aromatic N) is 3. The molecule has 0 radical (unpaired) electrons. The largest absolute Gasteiger partial charge is 0.510 e.